The molecule has 1 atom stereocenters. The predicted octanol–water partition coefficient (Wildman–Crippen LogP) is 5.98. The number of hydrogen-bond donors (Lipinski definition) is 0. The monoisotopic (exact) mass is 546 g/mol. The van der Waals surface area contributed by atoms with E-state index in [1.807, 2.05) is 0 Å². The molecule has 0 saturated heterocycles. The highest BCUT2D eigenvalue weighted by Gasteiger charge is 2.52. The summed E-state index contributed by atoms with van der Waals surface area (Å²) in [4.78, 5) is 0. The molecule has 1 unspecified atom stereocenters. The van der Waals surface area contributed by atoms with Crippen molar-refractivity contribution in [2.45, 2.75) is 11.8 Å². The van der Waals surface area contributed by atoms with Gasteiger partial charge in [-0.25, -0.2) is 0 Å². The Morgan fingerprint density at radius 1 is 0.800 bits per heavy atom. The standard InChI is InChI=1S/C23H16I2/c1-3-7-19-15(5-1)17-9-11-24-13-21(17)23(19)20-8-4-2-6-16(20)18-10-12-25-14-22(18)23/h1-9,11,13-14H,10,12H2. The van der Waals surface area contributed by atoms with Crippen molar-refractivity contribution in [3.63, 3.8) is 0 Å². The van der Waals surface area contributed by atoms with E-state index in [2.05, 4.69) is 66.7 Å². The van der Waals surface area contributed by atoms with E-state index in [1.54, 1.807) is 16.7 Å². The van der Waals surface area contributed by atoms with Crippen LogP contribution in [0.2, 0.25) is 0 Å². The lowest BCUT2D eigenvalue weighted by molar-refractivity contribution is 0.808. The molecule has 0 nitrogen and oxygen atoms in total. The maximum absolute atomic E-state index is 2.66. The van der Waals surface area contributed by atoms with Crippen LogP contribution in [0.3, 0.4) is 0 Å². The second-order valence-corrected chi connectivity index (χ2v) is 11.4. The Morgan fingerprint density at radius 3 is 2.44 bits per heavy atom. The van der Waals surface area contributed by atoms with Gasteiger partial charge in [-0.3, -0.25) is 0 Å². The molecular formula is C23H16I2. The third kappa shape index (κ3) is 1.78. The average Bonchev–Trinajstić information content (AvgIpc) is 3.16. The number of hydrogen-bond acceptors (Lipinski definition) is 0. The van der Waals surface area contributed by atoms with Gasteiger partial charge in [0.05, 0.1) is 5.41 Å². The van der Waals surface area contributed by atoms with E-state index >= 15 is 0 Å². The molecule has 4 aliphatic rings. The Hall–Kier alpha value is -1.14. The van der Waals surface area contributed by atoms with Crippen molar-refractivity contribution in [3.8, 4) is 0 Å². The van der Waals surface area contributed by atoms with Crippen LogP contribution in [0, 0.1) is 0 Å². The molecule has 2 heterocycles. The lowest BCUT2D eigenvalue weighted by Gasteiger charge is -2.33. The zero-order valence-corrected chi connectivity index (χ0v) is 17.9. The Bertz CT molecular complexity index is 1090. The highest BCUT2D eigenvalue weighted by Crippen LogP contribution is 2.62. The summed E-state index contributed by atoms with van der Waals surface area (Å²) in [5, 5.41) is 0. The Labute approximate surface area is 167 Å². The molecule has 6 rings (SSSR count). The molecule has 25 heavy (non-hydrogen) atoms. The molecule has 0 fully saturated rings. The average molecular weight is 546 g/mol. The summed E-state index contributed by atoms with van der Waals surface area (Å²) in [5.41, 5.74) is 12.3. The third-order valence-electron chi connectivity index (χ3n) is 5.82. The summed E-state index contributed by atoms with van der Waals surface area (Å²) >= 11 is 0.214. The number of rotatable bonds is 0. The minimum absolute atomic E-state index is 0.0114. The van der Waals surface area contributed by atoms with Crippen molar-refractivity contribution >= 4 is 60.6 Å². The fraction of sp³-hybridized carbons (Fsp3) is 0.130. The second-order valence-electron chi connectivity index (χ2n) is 6.79. The van der Waals surface area contributed by atoms with E-state index in [-0.39, 0.29) is 46.9 Å². The fourth-order valence-electron chi connectivity index (χ4n) is 4.92. The molecule has 2 aromatic rings. The van der Waals surface area contributed by atoms with Gasteiger partial charge in [0, 0.05) is 0 Å². The first kappa shape index (κ1) is 15.0. The lowest BCUT2D eigenvalue weighted by Crippen LogP contribution is -2.30. The molecule has 0 bridgehead atoms. The molecule has 2 heteroatoms. The van der Waals surface area contributed by atoms with Crippen molar-refractivity contribution in [3.05, 3.63) is 92.1 Å². The van der Waals surface area contributed by atoms with Crippen molar-refractivity contribution in [1.29, 1.82) is 0 Å². The van der Waals surface area contributed by atoms with E-state index in [4.69, 9.17) is 0 Å². The molecule has 1 spiro atoms. The van der Waals surface area contributed by atoms with Gasteiger partial charge >= 0.3 is 0 Å². The Kier molecular flexibility index (Phi) is 3.25. The number of allylic oxidation sites excluding steroid dienone is 5. The molecule has 0 N–H and O–H groups in total. The second kappa shape index (κ2) is 5.43. The van der Waals surface area contributed by atoms with E-state index in [0.717, 1.165) is 0 Å². The lowest BCUT2D eigenvalue weighted by atomic mass is 9.69. The van der Waals surface area contributed by atoms with Crippen LogP contribution < -0.4 is 0 Å². The Balaban J connectivity index is 1.82. The fourth-order valence-corrected chi connectivity index (χ4v) is 9.31. The smallest absolute Gasteiger partial charge is 0.0730 e. The number of alkyl halides is 1. The van der Waals surface area contributed by atoms with Crippen molar-refractivity contribution in [1.82, 2.24) is 0 Å². The molecule has 2 aliphatic heterocycles. The van der Waals surface area contributed by atoms with Gasteiger partial charge < -0.3 is 0 Å². The van der Waals surface area contributed by atoms with Crippen LogP contribution in [0.15, 0.2) is 69.8 Å². The normalized spacial score (nSPS) is 25.3. The zero-order valence-electron chi connectivity index (χ0n) is 13.6. The van der Waals surface area contributed by atoms with Crippen molar-refractivity contribution < 1.29 is 0 Å². The SMILES string of the molecule is C1=CC2=C(C=I1)C1(C3=C(CCI=C3)c3ccccc31)c1ccccc12. The number of benzene rings is 2. The van der Waals surface area contributed by atoms with Gasteiger partial charge in [0.15, 0.2) is 0 Å². The van der Waals surface area contributed by atoms with Crippen LogP contribution in [0.4, 0.5) is 0 Å². The van der Waals surface area contributed by atoms with Gasteiger partial charge in [-0.05, 0) is 73.6 Å². The van der Waals surface area contributed by atoms with E-state index in [1.165, 1.54) is 38.7 Å². The van der Waals surface area contributed by atoms with Gasteiger partial charge in [-0.2, -0.15) is 0 Å². The largest absolute Gasteiger partial charge is 0.122 e. The third-order valence-corrected chi connectivity index (χ3v) is 9.80. The van der Waals surface area contributed by atoms with E-state index in [0.29, 0.717) is 0 Å². The summed E-state index contributed by atoms with van der Waals surface area (Å²) in [7, 11) is 0. The van der Waals surface area contributed by atoms with Crippen LogP contribution in [0.5, 0.6) is 0 Å². The molecular weight excluding hydrogens is 530 g/mol. The summed E-state index contributed by atoms with van der Waals surface area (Å²) in [5.74, 6) is 0. The van der Waals surface area contributed by atoms with Gasteiger partial charge in [-0.1, -0.05) is 69.3 Å². The molecule has 0 aromatic heterocycles. The summed E-state index contributed by atoms with van der Waals surface area (Å²) in [6, 6.07) is 18.4. The summed E-state index contributed by atoms with van der Waals surface area (Å²) < 4.78 is 9.07. The molecule has 2 aromatic carbocycles. The van der Waals surface area contributed by atoms with Gasteiger partial charge in [0.2, 0.25) is 0 Å². The highest BCUT2D eigenvalue weighted by atomic mass is 127. The van der Waals surface area contributed by atoms with Crippen LogP contribution in [0.1, 0.15) is 28.7 Å². The van der Waals surface area contributed by atoms with Crippen LogP contribution in [0.25, 0.3) is 11.1 Å². The minimum Gasteiger partial charge on any atom is -0.122 e. The number of fused-ring (bicyclic) bond motifs is 8. The molecule has 0 radical (unpaired) electrons. The van der Waals surface area contributed by atoms with E-state index < -0.39 is 0 Å². The quantitative estimate of drug-likeness (QED) is 0.282. The molecule has 0 amide bonds. The van der Waals surface area contributed by atoms with Crippen molar-refractivity contribution in [2.75, 3.05) is 4.43 Å². The summed E-state index contributed by atoms with van der Waals surface area (Å²) in [6.07, 6.45) is 3.68. The number of halogens is 2. The molecule has 0 saturated carbocycles. The van der Waals surface area contributed by atoms with Crippen LogP contribution in [-0.4, -0.2) is 12.5 Å². The highest BCUT2D eigenvalue weighted by molar-refractivity contribution is 14.2. The maximum Gasteiger partial charge on any atom is 0.0730 e. The van der Waals surface area contributed by atoms with E-state index in [9.17, 15) is 0 Å². The first-order chi connectivity index (χ1) is 12.4. The minimum atomic E-state index is -0.0114. The van der Waals surface area contributed by atoms with Gasteiger partial charge in [0.1, 0.15) is 0 Å². The zero-order chi connectivity index (χ0) is 16.4. The van der Waals surface area contributed by atoms with Crippen LogP contribution in [-0.2, 0) is 5.41 Å². The topological polar surface area (TPSA) is 0 Å². The Morgan fingerprint density at radius 2 is 1.56 bits per heavy atom. The molecule has 2 aliphatic carbocycles. The first-order valence-electron chi connectivity index (χ1n) is 8.63. The first-order valence-corrected chi connectivity index (χ1v) is 13.9. The maximum atomic E-state index is 2.66. The molecule has 122 valence electrons. The van der Waals surface area contributed by atoms with Gasteiger partial charge in [0.25, 0.3) is 0 Å². The summed E-state index contributed by atoms with van der Waals surface area (Å²) in [6.45, 7) is 0. The van der Waals surface area contributed by atoms with Crippen LogP contribution >= 0.6 is 41.5 Å². The predicted molar refractivity (Wildman–Crippen MR) is 126 cm³/mol. The van der Waals surface area contributed by atoms with Crippen molar-refractivity contribution in [2.24, 2.45) is 0 Å². The van der Waals surface area contributed by atoms with Gasteiger partial charge in [-0.15, -0.1) is 20.7 Å².